The molecule has 176 valence electrons. The summed E-state index contributed by atoms with van der Waals surface area (Å²) in [6.07, 6.45) is 2.76. The van der Waals surface area contributed by atoms with Gasteiger partial charge in [0.1, 0.15) is 11.4 Å². The Kier molecular flexibility index (Phi) is 6.30. The molecule has 2 amide bonds. The van der Waals surface area contributed by atoms with Gasteiger partial charge in [0.15, 0.2) is 6.10 Å². The van der Waals surface area contributed by atoms with Crippen LogP contribution in [0.4, 0.5) is 5.69 Å². The van der Waals surface area contributed by atoms with Crippen molar-refractivity contribution in [3.05, 3.63) is 114 Å². The molecule has 2 aromatic carbocycles. The quantitative estimate of drug-likeness (QED) is 0.463. The van der Waals surface area contributed by atoms with Gasteiger partial charge in [0.2, 0.25) is 0 Å². The maximum absolute atomic E-state index is 13.5. The van der Waals surface area contributed by atoms with Crippen molar-refractivity contribution >= 4 is 17.5 Å². The summed E-state index contributed by atoms with van der Waals surface area (Å²) in [4.78, 5) is 32.4. The standard InChI is InChI=1S/C28H26N4O3/c1-20(35-24-10-3-2-4-11-24)28(34)32-19-23-13-14-26(27(33)30-17-21-8-7-15-29-16-21)31(23)18-22-9-5-6-12-25(22)32/h2-16,20H,17-19H2,1H3,(H,30,33). The Morgan fingerprint density at radius 3 is 2.57 bits per heavy atom. The summed E-state index contributed by atoms with van der Waals surface area (Å²) in [6, 6.07) is 24.6. The minimum absolute atomic E-state index is 0.140. The van der Waals surface area contributed by atoms with Crippen LogP contribution < -0.4 is 15.0 Å². The summed E-state index contributed by atoms with van der Waals surface area (Å²) >= 11 is 0. The molecule has 1 aliphatic rings. The number of amides is 2. The van der Waals surface area contributed by atoms with Gasteiger partial charge in [-0.1, -0.05) is 42.5 Å². The molecular weight excluding hydrogens is 440 g/mol. The number of ether oxygens (including phenoxy) is 1. The number of aromatic nitrogens is 2. The van der Waals surface area contributed by atoms with Crippen molar-refractivity contribution < 1.29 is 14.3 Å². The van der Waals surface area contributed by atoms with E-state index in [4.69, 9.17) is 4.74 Å². The number of carbonyl (C=O) groups is 2. The number of hydrogen-bond donors (Lipinski definition) is 1. The molecule has 0 bridgehead atoms. The van der Waals surface area contributed by atoms with Gasteiger partial charge in [-0.05, 0) is 54.4 Å². The van der Waals surface area contributed by atoms with Crippen LogP contribution in [-0.2, 0) is 24.4 Å². The minimum atomic E-state index is -0.672. The first kappa shape index (κ1) is 22.4. The number of carbonyl (C=O) groups excluding carboxylic acids is 2. The van der Waals surface area contributed by atoms with E-state index in [0.717, 1.165) is 22.5 Å². The highest BCUT2D eigenvalue weighted by atomic mass is 16.5. The molecule has 0 saturated heterocycles. The zero-order valence-corrected chi connectivity index (χ0v) is 19.4. The third-order valence-corrected chi connectivity index (χ3v) is 6.08. The number of anilines is 1. The molecule has 2 aromatic heterocycles. The number of pyridine rings is 1. The Labute approximate surface area is 204 Å². The van der Waals surface area contributed by atoms with Gasteiger partial charge in [-0.15, -0.1) is 0 Å². The molecule has 1 unspecified atom stereocenters. The van der Waals surface area contributed by atoms with Gasteiger partial charge < -0.3 is 19.5 Å². The van der Waals surface area contributed by atoms with E-state index in [-0.39, 0.29) is 11.8 Å². The third kappa shape index (κ3) is 4.80. The highest BCUT2D eigenvalue weighted by Gasteiger charge is 2.30. The van der Waals surface area contributed by atoms with Crippen LogP contribution in [0, 0.1) is 0 Å². The molecule has 7 nitrogen and oxygen atoms in total. The highest BCUT2D eigenvalue weighted by molar-refractivity contribution is 5.98. The van der Waals surface area contributed by atoms with Crippen molar-refractivity contribution in [3.63, 3.8) is 0 Å². The molecule has 0 radical (unpaired) electrons. The molecule has 1 atom stereocenters. The summed E-state index contributed by atoms with van der Waals surface area (Å²) in [5.74, 6) is 0.337. The highest BCUT2D eigenvalue weighted by Crippen LogP contribution is 2.30. The van der Waals surface area contributed by atoms with Gasteiger partial charge in [-0.2, -0.15) is 0 Å². The van der Waals surface area contributed by atoms with Crippen LogP contribution in [0.5, 0.6) is 5.75 Å². The number of para-hydroxylation sites is 2. The number of benzene rings is 2. The number of nitrogens with zero attached hydrogens (tertiary/aromatic N) is 3. The van der Waals surface area contributed by atoms with E-state index >= 15 is 0 Å². The first-order chi connectivity index (χ1) is 17.1. The zero-order valence-electron chi connectivity index (χ0n) is 19.4. The van der Waals surface area contributed by atoms with Gasteiger partial charge >= 0.3 is 0 Å². The van der Waals surface area contributed by atoms with Gasteiger partial charge in [0.25, 0.3) is 11.8 Å². The Morgan fingerprint density at radius 2 is 1.77 bits per heavy atom. The second-order valence-electron chi connectivity index (χ2n) is 8.47. The van der Waals surface area contributed by atoms with E-state index < -0.39 is 6.10 Å². The van der Waals surface area contributed by atoms with E-state index in [1.165, 1.54) is 0 Å². The maximum Gasteiger partial charge on any atom is 0.268 e. The minimum Gasteiger partial charge on any atom is -0.481 e. The van der Waals surface area contributed by atoms with Crippen LogP contribution in [0.1, 0.15) is 34.2 Å². The molecule has 4 aromatic rings. The Balaban J connectivity index is 1.40. The summed E-state index contributed by atoms with van der Waals surface area (Å²) in [5, 5.41) is 2.98. The molecule has 0 spiro atoms. The number of nitrogens with one attached hydrogen (secondary N) is 1. The van der Waals surface area contributed by atoms with Crippen LogP contribution in [0.3, 0.4) is 0 Å². The van der Waals surface area contributed by atoms with E-state index in [0.29, 0.717) is 31.1 Å². The van der Waals surface area contributed by atoms with Gasteiger partial charge in [-0.3, -0.25) is 14.6 Å². The predicted molar refractivity (Wildman–Crippen MR) is 133 cm³/mol. The normalized spacial score (nSPS) is 13.2. The Hall–Kier alpha value is -4.39. The lowest BCUT2D eigenvalue weighted by Gasteiger charge is -2.26. The van der Waals surface area contributed by atoms with Crippen molar-refractivity contribution in [2.45, 2.75) is 32.7 Å². The molecule has 5 rings (SSSR count). The van der Waals surface area contributed by atoms with E-state index in [2.05, 4.69) is 10.3 Å². The Bertz CT molecular complexity index is 1330. The molecule has 0 saturated carbocycles. The van der Waals surface area contributed by atoms with Crippen molar-refractivity contribution in [3.8, 4) is 5.75 Å². The van der Waals surface area contributed by atoms with Gasteiger partial charge in [0, 0.05) is 30.3 Å². The van der Waals surface area contributed by atoms with E-state index in [1.807, 2.05) is 83.4 Å². The lowest BCUT2D eigenvalue weighted by Crippen LogP contribution is -2.40. The fourth-order valence-electron chi connectivity index (χ4n) is 4.30. The first-order valence-corrected chi connectivity index (χ1v) is 11.6. The molecule has 1 N–H and O–H groups in total. The topological polar surface area (TPSA) is 76.5 Å². The van der Waals surface area contributed by atoms with Crippen LogP contribution >= 0.6 is 0 Å². The molecule has 0 fully saturated rings. The van der Waals surface area contributed by atoms with Crippen molar-refractivity contribution in [2.24, 2.45) is 0 Å². The molecule has 0 aliphatic carbocycles. The first-order valence-electron chi connectivity index (χ1n) is 11.6. The predicted octanol–water partition coefficient (Wildman–Crippen LogP) is 4.18. The van der Waals surface area contributed by atoms with Gasteiger partial charge in [0.05, 0.1) is 13.1 Å². The van der Waals surface area contributed by atoms with E-state index in [1.54, 1.807) is 24.2 Å². The molecule has 35 heavy (non-hydrogen) atoms. The lowest BCUT2D eigenvalue weighted by molar-refractivity contribution is -0.124. The van der Waals surface area contributed by atoms with Gasteiger partial charge in [-0.25, -0.2) is 0 Å². The third-order valence-electron chi connectivity index (χ3n) is 6.08. The van der Waals surface area contributed by atoms with E-state index in [9.17, 15) is 9.59 Å². The van der Waals surface area contributed by atoms with Crippen LogP contribution in [0.2, 0.25) is 0 Å². The second-order valence-corrected chi connectivity index (χ2v) is 8.47. The smallest absolute Gasteiger partial charge is 0.268 e. The maximum atomic E-state index is 13.5. The fraction of sp³-hybridized carbons (Fsp3) is 0.179. The van der Waals surface area contributed by atoms with Crippen LogP contribution in [-0.4, -0.2) is 27.5 Å². The number of hydrogen-bond acceptors (Lipinski definition) is 4. The molecule has 7 heteroatoms. The number of fused-ring (bicyclic) bond motifs is 2. The Morgan fingerprint density at radius 1 is 0.971 bits per heavy atom. The van der Waals surface area contributed by atoms with Crippen molar-refractivity contribution in [2.75, 3.05) is 4.90 Å². The second kappa shape index (κ2) is 9.85. The monoisotopic (exact) mass is 466 g/mol. The largest absolute Gasteiger partial charge is 0.481 e. The lowest BCUT2D eigenvalue weighted by atomic mass is 10.1. The van der Waals surface area contributed by atoms with Crippen molar-refractivity contribution in [1.82, 2.24) is 14.9 Å². The van der Waals surface area contributed by atoms with Crippen LogP contribution in [0.15, 0.2) is 91.3 Å². The summed E-state index contributed by atoms with van der Waals surface area (Å²) in [5.41, 5.74) is 4.16. The molecule has 1 aliphatic heterocycles. The van der Waals surface area contributed by atoms with Crippen molar-refractivity contribution in [1.29, 1.82) is 0 Å². The fourth-order valence-corrected chi connectivity index (χ4v) is 4.30. The average molecular weight is 467 g/mol. The van der Waals surface area contributed by atoms with Crippen LogP contribution in [0.25, 0.3) is 0 Å². The summed E-state index contributed by atoms with van der Waals surface area (Å²) in [6.45, 7) is 2.99. The zero-order chi connectivity index (χ0) is 24.2. The molecule has 3 heterocycles. The SMILES string of the molecule is CC(Oc1ccccc1)C(=O)N1Cc2ccc(C(=O)NCc3cccnc3)n2Cc2ccccc21. The average Bonchev–Trinajstić information content (AvgIpc) is 3.21. The summed E-state index contributed by atoms with van der Waals surface area (Å²) < 4.78 is 7.90. The number of rotatable bonds is 6. The molecular formula is C28H26N4O3. The summed E-state index contributed by atoms with van der Waals surface area (Å²) in [7, 11) is 0.